The van der Waals surface area contributed by atoms with Crippen molar-refractivity contribution in [3.63, 3.8) is 0 Å². The molecule has 1 aromatic carbocycles. The number of halogens is 1. The fourth-order valence-electron chi connectivity index (χ4n) is 1.91. The summed E-state index contributed by atoms with van der Waals surface area (Å²) in [6.45, 7) is 4.39. The second-order valence-corrected chi connectivity index (χ2v) is 6.54. The van der Waals surface area contributed by atoms with Crippen molar-refractivity contribution >= 4 is 44.6 Å². The summed E-state index contributed by atoms with van der Waals surface area (Å²) in [6, 6.07) is 3.41. The molecule has 1 aromatic heterocycles. The number of hydrogen-bond donors (Lipinski definition) is 2. The highest BCUT2D eigenvalue weighted by Gasteiger charge is 2.10. The number of carbonyl (C=O) groups is 1. The van der Waals surface area contributed by atoms with Crippen molar-refractivity contribution in [1.29, 1.82) is 0 Å². The van der Waals surface area contributed by atoms with Crippen LogP contribution in [0, 0.1) is 0 Å². The number of anilines is 1. The topological polar surface area (TPSA) is 93.0 Å². The number of thiazole rings is 1. The van der Waals surface area contributed by atoms with Gasteiger partial charge in [-0.05, 0) is 26.0 Å². The molecule has 0 aliphatic carbocycles. The number of nitrogens with one attached hydrogen (secondary N) is 1. The summed E-state index contributed by atoms with van der Waals surface area (Å²) >= 11 is 4.69. The molecule has 0 amide bonds. The Kier molecular flexibility index (Phi) is 7.20. The normalized spacial score (nSPS) is 10.8. The van der Waals surface area contributed by atoms with Gasteiger partial charge in [0.15, 0.2) is 11.5 Å². The Morgan fingerprint density at radius 1 is 1.44 bits per heavy atom. The number of hydrogen-bond acceptors (Lipinski definition) is 8. The number of nitrogens with zero attached hydrogens (tertiary/aromatic N) is 2. The molecule has 0 radical (unpaired) electrons. The summed E-state index contributed by atoms with van der Waals surface area (Å²) in [5, 5.41) is 16.5. The quantitative estimate of drug-likeness (QED) is 0.380. The number of carbonyl (C=O) groups excluding carboxylic acids is 1. The Bertz CT molecular complexity index is 764. The molecule has 0 aliphatic rings. The van der Waals surface area contributed by atoms with E-state index in [1.54, 1.807) is 24.4 Å². The Hall–Kier alpha value is -2.13. The Morgan fingerprint density at radius 3 is 2.96 bits per heavy atom. The number of rotatable bonds is 8. The standard InChI is InChI=1S/C16H18BrN3O4S/c1-3-23-13-6-11(17)5-10(15(13)22)8-18-20-16-19-12(9-25-16)7-14(21)24-4-2/h5-6,8-9,22H,3-4,7H2,1-2H3,(H,19,20). The Labute approximate surface area is 157 Å². The molecule has 9 heteroatoms. The average molecular weight is 428 g/mol. The molecule has 0 atom stereocenters. The van der Waals surface area contributed by atoms with Crippen LogP contribution in [0.2, 0.25) is 0 Å². The van der Waals surface area contributed by atoms with Gasteiger partial charge in [0.25, 0.3) is 0 Å². The zero-order valence-electron chi connectivity index (χ0n) is 13.8. The second kappa shape index (κ2) is 9.38. The highest BCUT2D eigenvalue weighted by molar-refractivity contribution is 9.10. The molecule has 7 nitrogen and oxygen atoms in total. The SMILES string of the molecule is CCOC(=O)Cc1csc(NN=Cc2cc(Br)cc(OCC)c2O)n1. The average Bonchev–Trinajstić information content (AvgIpc) is 2.99. The van der Waals surface area contributed by atoms with Crippen LogP contribution in [0.25, 0.3) is 0 Å². The number of benzene rings is 1. The molecule has 2 rings (SSSR count). The van der Waals surface area contributed by atoms with Crippen molar-refractivity contribution in [3.8, 4) is 11.5 Å². The zero-order chi connectivity index (χ0) is 18.2. The van der Waals surface area contributed by atoms with Crippen LogP contribution in [0.4, 0.5) is 5.13 Å². The molecule has 2 N–H and O–H groups in total. The molecule has 0 aliphatic heterocycles. The molecule has 0 unspecified atom stereocenters. The van der Waals surface area contributed by atoms with Crippen molar-refractivity contribution in [2.75, 3.05) is 18.6 Å². The predicted molar refractivity (Wildman–Crippen MR) is 101 cm³/mol. The van der Waals surface area contributed by atoms with Crippen molar-refractivity contribution < 1.29 is 19.4 Å². The van der Waals surface area contributed by atoms with Gasteiger partial charge in [-0.2, -0.15) is 5.10 Å². The van der Waals surface area contributed by atoms with Crippen LogP contribution in [0.5, 0.6) is 11.5 Å². The minimum atomic E-state index is -0.314. The minimum Gasteiger partial charge on any atom is -0.504 e. The highest BCUT2D eigenvalue weighted by Crippen LogP contribution is 2.33. The van der Waals surface area contributed by atoms with Crippen LogP contribution >= 0.6 is 27.3 Å². The van der Waals surface area contributed by atoms with E-state index < -0.39 is 0 Å². The Balaban J connectivity index is 2.02. The molecule has 0 fully saturated rings. The molecule has 25 heavy (non-hydrogen) atoms. The zero-order valence-corrected chi connectivity index (χ0v) is 16.2. The first-order valence-electron chi connectivity index (χ1n) is 7.57. The Morgan fingerprint density at radius 2 is 2.24 bits per heavy atom. The smallest absolute Gasteiger partial charge is 0.311 e. The summed E-state index contributed by atoms with van der Waals surface area (Å²) in [5.74, 6) is 0.0763. The molecule has 1 heterocycles. The van der Waals surface area contributed by atoms with E-state index in [0.717, 1.165) is 4.47 Å². The number of esters is 1. The third-order valence-corrected chi connectivity index (χ3v) is 4.17. The number of hydrazone groups is 1. The fourth-order valence-corrected chi connectivity index (χ4v) is 3.03. The fraction of sp³-hybridized carbons (Fsp3) is 0.312. The second-order valence-electron chi connectivity index (χ2n) is 4.77. The molecule has 2 aromatic rings. The van der Waals surface area contributed by atoms with E-state index in [9.17, 15) is 9.90 Å². The lowest BCUT2D eigenvalue weighted by Crippen LogP contribution is -2.07. The maximum absolute atomic E-state index is 11.4. The number of phenols is 1. The van der Waals surface area contributed by atoms with Crippen LogP contribution in [0.3, 0.4) is 0 Å². The van der Waals surface area contributed by atoms with Gasteiger partial charge in [-0.1, -0.05) is 15.9 Å². The van der Waals surface area contributed by atoms with Gasteiger partial charge >= 0.3 is 5.97 Å². The van der Waals surface area contributed by atoms with Gasteiger partial charge in [0.2, 0.25) is 5.13 Å². The van der Waals surface area contributed by atoms with E-state index in [1.165, 1.54) is 17.6 Å². The number of ether oxygens (including phenoxy) is 2. The molecule has 0 spiro atoms. The van der Waals surface area contributed by atoms with E-state index in [2.05, 4.69) is 31.4 Å². The van der Waals surface area contributed by atoms with Gasteiger partial charge < -0.3 is 14.6 Å². The summed E-state index contributed by atoms with van der Waals surface area (Å²) in [6.07, 6.45) is 1.59. The van der Waals surface area contributed by atoms with E-state index >= 15 is 0 Å². The largest absolute Gasteiger partial charge is 0.504 e. The van der Waals surface area contributed by atoms with Crippen molar-refractivity contribution in [1.82, 2.24) is 4.98 Å². The van der Waals surface area contributed by atoms with Crippen molar-refractivity contribution in [3.05, 3.63) is 33.2 Å². The number of phenolic OH excluding ortho intramolecular Hbond substituents is 1. The number of aromatic nitrogens is 1. The molecule has 0 saturated heterocycles. The van der Waals surface area contributed by atoms with Crippen LogP contribution in [0.1, 0.15) is 25.1 Å². The van der Waals surface area contributed by atoms with Gasteiger partial charge in [-0.25, -0.2) is 4.98 Å². The lowest BCUT2D eigenvalue weighted by atomic mass is 10.2. The lowest BCUT2D eigenvalue weighted by molar-refractivity contribution is -0.142. The molecular weight excluding hydrogens is 410 g/mol. The van der Waals surface area contributed by atoms with E-state index in [0.29, 0.717) is 35.4 Å². The third-order valence-electron chi connectivity index (χ3n) is 2.92. The van der Waals surface area contributed by atoms with Gasteiger partial charge in [-0.3, -0.25) is 10.2 Å². The summed E-state index contributed by atoms with van der Waals surface area (Å²) in [7, 11) is 0. The first kappa shape index (κ1) is 19.2. The van der Waals surface area contributed by atoms with E-state index in [1.807, 2.05) is 6.92 Å². The summed E-state index contributed by atoms with van der Waals surface area (Å²) < 4.78 is 11.0. The van der Waals surface area contributed by atoms with Crippen molar-refractivity contribution in [2.24, 2.45) is 5.10 Å². The van der Waals surface area contributed by atoms with Crippen LogP contribution < -0.4 is 10.2 Å². The van der Waals surface area contributed by atoms with Crippen molar-refractivity contribution in [2.45, 2.75) is 20.3 Å². The monoisotopic (exact) mass is 427 g/mol. The van der Waals surface area contributed by atoms with Crippen LogP contribution in [-0.2, 0) is 16.0 Å². The number of aromatic hydroxyl groups is 1. The predicted octanol–water partition coefficient (Wildman–Crippen LogP) is 3.56. The maximum Gasteiger partial charge on any atom is 0.311 e. The lowest BCUT2D eigenvalue weighted by Gasteiger charge is -2.08. The van der Waals surface area contributed by atoms with E-state index in [-0.39, 0.29) is 18.1 Å². The first-order valence-corrected chi connectivity index (χ1v) is 9.25. The molecule has 0 saturated carbocycles. The molecule has 0 bridgehead atoms. The molecular formula is C16H18BrN3O4S. The molecule has 134 valence electrons. The highest BCUT2D eigenvalue weighted by atomic mass is 79.9. The van der Waals surface area contributed by atoms with E-state index in [4.69, 9.17) is 9.47 Å². The van der Waals surface area contributed by atoms with Crippen LogP contribution in [-0.4, -0.2) is 35.5 Å². The third kappa shape index (κ3) is 5.71. The van der Waals surface area contributed by atoms with Crippen LogP contribution in [0.15, 0.2) is 27.1 Å². The minimum absolute atomic E-state index is 0.0118. The van der Waals surface area contributed by atoms with Gasteiger partial charge in [-0.15, -0.1) is 11.3 Å². The summed E-state index contributed by atoms with van der Waals surface area (Å²) in [4.78, 5) is 15.7. The summed E-state index contributed by atoms with van der Waals surface area (Å²) in [5.41, 5.74) is 3.88. The van der Waals surface area contributed by atoms with Gasteiger partial charge in [0.1, 0.15) is 0 Å². The van der Waals surface area contributed by atoms with Gasteiger partial charge in [0.05, 0.1) is 31.5 Å². The maximum atomic E-state index is 11.4. The first-order chi connectivity index (χ1) is 12.0. The van der Waals surface area contributed by atoms with Gasteiger partial charge in [0, 0.05) is 15.4 Å².